The van der Waals surface area contributed by atoms with Gasteiger partial charge in [0.2, 0.25) is 0 Å². The van der Waals surface area contributed by atoms with Crippen LogP contribution in [0.5, 0.6) is 5.75 Å². The van der Waals surface area contributed by atoms with Crippen molar-refractivity contribution in [3.63, 3.8) is 0 Å². The molecule has 0 aromatic heterocycles. The number of nitrogens with zero attached hydrogens (tertiary/aromatic N) is 1. The van der Waals surface area contributed by atoms with Crippen LogP contribution in [0.4, 0.5) is 4.39 Å². The van der Waals surface area contributed by atoms with Gasteiger partial charge in [0.25, 0.3) is 0 Å². The standard InChI is InChI=1S/C24H28FNO4/c1-17(18-5-7-19(8-6-18)24(28)29-2)16-23(27)22-4-3-13-26(22)14-15-30-21-11-9-20(25)10-12-21/h5-12,17,22H,3-4,13-16H2,1-2H3/t17-,22-/m1/s1. The SMILES string of the molecule is COC(=O)c1ccc([C@H](C)CC(=O)[C@H]2CCCN2CCOc2ccc(F)cc2)cc1. The number of carbonyl (C=O) groups excluding carboxylic acids is 2. The van der Waals surface area contributed by atoms with E-state index in [1.807, 2.05) is 19.1 Å². The van der Waals surface area contributed by atoms with Gasteiger partial charge in [-0.2, -0.15) is 0 Å². The molecule has 0 aliphatic carbocycles. The fraction of sp³-hybridized carbons (Fsp3) is 0.417. The second-order valence-corrected chi connectivity index (χ2v) is 7.68. The highest BCUT2D eigenvalue weighted by molar-refractivity contribution is 5.89. The molecule has 1 aliphatic rings. The minimum absolute atomic E-state index is 0.0714. The summed E-state index contributed by atoms with van der Waals surface area (Å²) in [5.74, 6) is 0.278. The van der Waals surface area contributed by atoms with Crippen LogP contribution in [0.2, 0.25) is 0 Å². The molecule has 2 atom stereocenters. The Bertz CT molecular complexity index is 851. The summed E-state index contributed by atoms with van der Waals surface area (Å²) in [6.45, 7) is 4.03. The third kappa shape index (κ3) is 5.66. The smallest absolute Gasteiger partial charge is 0.337 e. The molecule has 160 valence electrons. The summed E-state index contributed by atoms with van der Waals surface area (Å²) in [6, 6.07) is 13.1. The summed E-state index contributed by atoms with van der Waals surface area (Å²) in [5, 5.41) is 0. The van der Waals surface area contributed by atoms with Crippen LogP contribution >= 0.6 is 0 Å². The van der Waals surface area contributed by atoms with E-state index in [0.29, 0.717) is 30.9 Å². The fourth-order valence-corrected chi connectivity index (χ4v) is 3.89. The Morgan fingerprint density at radius 1 is 1.13 bits per heavy atom. The van der Waals surface area contributed by atoms with Crippen LogP contribution < -0.4 is 4.74 Å². The van der Waals surface area contributed by atoms with Gasteiger partial charge in [0.05, 0.1) is 18.7 Å². The zero-order chi connectivity index (χ0) is 21.5. The van der Waals surface area contributed by atoms with Crippen LogP contribution in [-0.2, 0) is 9.53 Å². The van der Waals surface area contributed by atoms with Gasteiger partial charge in [-0.3, -0.25) is 9.69 Å². The number of rotatable bonds is 9. The number of hydrogen-bond acceptors (Lipinski definition) is 5. The van der Waals surface area contributed by atoms with Crippen LogP contribution in [0.1, 0.15) is 48.0 Å². The molecule has 0 spiro atoms. The van der Waals surface area contributed by atoms with Gasteiger partial charge in [-0.05, 0) is 67.3 Å². The number of likely N-dealkylation sites (tertiary alicyclic amines) is 1. The van der Waals surface area contributed by atoms with E-state index < -0.39 is 0 Å². The number of hydrogen-bond donors (Lipinski definition) is 0. The molecule has 1 saturated heterocycles. The third-order valence-electron chi connectivity index (χ3n) is 5.60. The molecule has 3 rings (SSSR count). The summed E-state index contributed by atoms with van der Waals surface area (Å²) >= 11 is 0. The molecule has 1 fully saturated rings. The minimum atomic E-state index is -0.366. The van der Waals surface area contributed by atoms with Crippen LogP contribution in [0.3, 0.4) is 0 Å². The van der Waals surface area contributed by atoms with Gasteiger partial charge < -0.3 is 9.47 Å². The maximum atomic E-state index is 13.0. The molecule has 0 amide bonds. The molecule has 6 heteroatoms. The highest BCUT2D eigenvalue weighted by Crippen LogP contribution is 2.25. The summed E-state index contributed by atoms with van der Waals surface area (Å²) in [5.41, 5.74) is 1.53. The van der Waals surface area contributed by atoms with Gasteiger partial charge in [-0.15, -0.1) is 0 Å². The average Bonchev–Trinajstić information content (AvgIpc) is 3.23. The van der Waals surface area contributed by atoms with E-state index in [4.69, 9.17) is 9.47 Å². The number of Topliss-reactive ketones (excluding diaryl/α,β-unsaturated/α-hetero) is 1. The number of methoxy groups -OCH3 is 1. The van der Waals surface area contributed by atoms with Crippen molar-refractivity contribution in [3.8, 4) is 5.75 Å². The maximum absolute atomic E-state index is 13.0. The monoisotopic (exact) mass is 413 g/mol. The van der Waals surface area contributed by atoms with Crippen molar-refractivity contribution in [2.24, 2.45) is 0 Å². The van der Waals surface area contributed by atoms with Crippen molar-refractivity contribution < 1.29 is 23.5 Å². The molecule has 0 saturated carbocycles. The third-order valence-corrected chi connectivity index (χ3v) is 5.60. The molecule has 5 nitrogen and oxygen atoms in total. The number of esters is 1. The Morgan fingerprint density at radius 3 is 2.50 bits per heavy atom. The number of benzene rings is 2. The highest BCUT2D eigenvalue weighted by Gasteiger charge is 2.31. The molecule has 1 heterocycles. The predicted octanol–water partition coefficient (Wildman–Crippen LogP) is 4.22. The summed E-state index contributed by atoms with van der Waals surface area (Å²) in [4.78, 5) is 26.7. The first-order valence-electron chi connectivity index (χ1n) is 10.3. The lowest BCUT2D eigenvalue weighted by Gasteiger charge is -2.24. The quantitative estimate of drug-likeness (QED) is 0.576. The van der Waals surface area contributed by atoms with Crippen molar-refractivity contribution in [2.45, 2.75) is 38.1 Å². The van der Waals surface area contributed by atoms with Gasteiger partial charge in [0.15, 0.2) is 5.78 Å². The first-order chi connectivity index (χ1) is 14.5. The lowest BCUT2D eigenvalue weighted by molar-refractivity contribution is -0.123. The number of ether oxygens (including phenoxy) is 2. The Balaban J connectivity index is 1.50. The van der Waals surface area contributed by atoms with Crippen molar-refractivity contribution in [1.29, 1.82) is 0 Å². The van der Waals surface area contributed by atoms with E-state index in [-0.39, 0.29) is 29.5 Å². The molecule has 2 aromatic rings. The topological polar surface area (TPSA) is 55.8 Å². The first-order valence-corrected chi connectivity index (χ1v) is 10.3. The Kier molecular flexibility index (Phi) is 7.57. The molecule has 0 radical (unpaired) electrons. The maximum Gasteiger partial charge on any atom is 0.337 e. The second-order valence-electron chi connectivity index (χ2n) is 7.68. The van der Waals surface area contributed by atoms with Crippen LogP contribution in [-0.4, -0.2) is 49.5 Å². The molecular weight excluding hydrogens is 385 g/mol. The zero-order valence-electron chi connectivity index (χ0n) is 17.5. The average molecular weight is 413 g/mol. The second kappa shape index (κ2) is 10.3. The molecule has 0 unspecified atom stereocenters. The molecule has 2 aromatic carbocycles. The van der Waals surface area contributed by atoms with E-state index in [1.165, 1.54) is 19.2 Å². The highest BCUT2D eigenvalue weighted by atomic mass is 19.1. The summed E-state index contributed by atoms with van der Waals surface area (Å²) in [6.07, 6.45) is 2.32. The van der Waals surface area contributed by atoms with Crippen LogP contribution in [0.15, 0.2) is 48.5 Å². The van der Waals surface area contributed by atoms with Gasteiger partial charge in [-0.1, -0.05) is 19.1 Å². The van der Waals surface area contributed by atoms with Crippen LogP contribution in [0.25, 0.3) is 0 Å². The van der Waals surface area contributed by atoms with Gasteiger partial charge in [-0.25, -0.2) is 9.18 Å². The lowest BCUT2D eigenvalue weighted by Crippen LogP contribution is -2.39. The summed E-state index contributed by atoms with van der Waals surface area (Å²) in [7, 11) is 1.36. The van der Waals surface area contributed by atoms with E-state index in [1.54, 1.807) is 24.3 Å². The minimum Gasteiger partial charge on any atom is -0.492 e. The number of halogens is 1. The van der Waals surface area contributed by atoms with E-state index in [9.17, 15) is 14.0 Å². The van der Waals surface area contributed by atoms with Crippen LogP contribution in [0, 0.1) is 5.82 Å². The van der Waals surface area contributed by atoms with Crippen molar-refractivity contribution in [3.05, 3.63) is 65.5 Å². The number of carbonyl (C=O) groups is 2. The summed E-state index contributed by atoms with van der Waals surface area (Å²) < 4.78 is 23.4. The molecule has 0 N–H and O–H groups in total. The fourth-order valence-electron chi connectivity index (χ4n) is 3.89. The van der Waals surface area contributed by atoms with Gasteiger partial charge in [0, 0.05) is 13.0 Å². The molecular formula is C24H28FNO4. The van der Waals surface area contributed by atoms with E-state index in [0.717, 1.165) is 24.9 Å². The zero-order valence-corrected chi connectivity index (χ0v) is 17.5. The normalized spacial score (nSPS) is 17.5. The van der Waals surface area contributed by atoms with Crippen molar-refractivity contribution >= 4 is 11.8 Å². The molecule has 1 aliphatic heterocycles. The van der Waals surface area contributed by atoms with E-state index >= 15 is 0 Å². The van der Waals surface area contributed by atoms with Gasteiger partial charge >= 0.3 is 5.97 Å². The molecule has 0 bridgehead atoms. The van der Waals surface area contributed by atoms with Crippen molar-refractivity contribution in [2.75, 3.05) is 26.8 Å². The lowest BCUT2D eigenvalue weighted by atomic mass is 9.92. The Morgan fingerprint density at radius 2 is 1.83 bits per heavy atom. The predicted molar refractivity (Wildman–Crippen MR) is 112 cm³/mol. The Hall–Kier alpha value is -2.73. The van der Waals surface area contributed by atoms with Crippen molar-refractivity contribution in [1.82, 2.24) is 4.90 Å². The van der Waals surface area contributed by atoms with E-state index in [2.05, 4.69) is 4.90 Å². The number of ketones is 1. The molecule has 30 heavy (non-hydrogen) atoms. The largest absolute Gasteiger partial charge is 0.492 e. The first kappa shape index (κ1) is 22.0. The van der Waals surface area contributed by atoms with Gasteiger partial charge in [0.1, 0.15) is 18.2 Å². The Labute approximate surface area is 176 Å².